The third-order valence-corrected chi connectivity index (χ3v) is 8.59. The molecule has 0 radical (unpaired) electrons. The highest BCUT2D eigenvalue weighted by molar-refractivity contribution is 5.70. The minimum atomic E-state index is -1.75. The van der Waals surface area contributed by atoms with Crippen LogP contribution in [-0.2, 0) is 38.0 Å². The molecule has 15 nitrogen and oxygen atoms in total. The van der Waals surface area contributed by atoms with Crippen LogP contribution in [0.3, 0.4) is 0 Å². The van der Waals surface area contributed by atoms with Gasteiger partial charge in [-0.25, -0.2) is 0 Å². The molecule has 2 rings (SSSR count). The number of unbranched alkanes of at least 4 members (excludes halogenated alkanes) is 10. The molecule has 2 fully saturated rings. The Morgan fingerprint density at radius 2 is 1.06 bits per heavy atom. The van der Waals surface area contributed by atoms with Gasteiger partial charge in [-0.3, -0.25) is 9.59 Å². The van der Waals surface area contributed by atoms with E-state index in [1.165, 1.54) is 25.7 Å². The van der Waals surface area contributed by atoms with Crippen LogP contribution in [0.15, 0.2) is 0 Å². The Morgan fingerprint density at radius 3 is 1.65 bits per heavy atom. The smallest absolute Gasteiger partial charge is 0.306 e. The molecule has 0 bridgehead atoms. The van der Waals surface area contributed by atoms with Crippen molar-refractivity contribution in [3.63, 3.8) is 0 Å². The Balaban J connectivity index is 1.94. The minimum absolute atomic E-state index is 0.168. The van der Waals surface area contributed by atoms with E-state index < -0.39 is 92.7 Å². The van der Waals surface area contributed by atoms with Crippen LogP contribution in [0.2, 0.25) is 0 Å². The van der Waals surface area contributed by atoms with Crippen molar-refractivity contribution in [1.82, 2.24) is 0 Å². The summed E-state index contributed by atoms with van der Waals surface area (Å²) in [4.78, 5) is 25.0. The second kappa shape index (κ2) is 23.8. The van der Waals surface area contributed by atoms with Gasteiger partial charge in [-0.1, -0.05) is 78.1 Å². The number of esters is 2. The van der Waals surface area contributed by atoms with Crippen molar-refractivity contribution in [3.05, 3.63) is 0 Å². The lowest BCUT2D eigenvalue weighted by molar-refractivity contribution is -0.332. The average Bonchev–Trinajstić information content (AvgIpc) is 3.07. The van der Waals surface area contributed by atoms with E-state index >= 15 is 0 Å². The lowest BCUT2D eigenvalue weighted by atomic mass is 9.98. The van der Waals surface area contributed by atoms with Gasteiger partial charge in [-0.05, 0) is 12.8 Å². The molecule has 2 aliphatic heterocycles. The first-order valence-corrected chi connectivity index (χ1v) is 17.6. The molecule has 0 aromatic carbocycles. The number of carbonyl (C=O) groups excluding carboxylic acids is 2. The minimum Gasteiger partial charge on any atom is -0.462 e. The normalized spacial score (nSPS) is 31.4. The predicted molar refractivity (Wildman–Crippen MR) is 169 cm³/mol. The Labute approximate surface area is 283 Å². The first-order valence-electron chi connectivity index (χ1n) is 17.6. The first kappa shape index (κ1) is 42.7. The second-order valence-electron chi connectivity index (χ2n) is 12.7. The first-order chi connectivity index (χ1) is 23.0. The summed E-state index contributed by atoms with van der Waals surface area (Å²) in [6, 6.07) is 0. The molecule has 48 heavy (non-hydrogen) atoms. The molecule has 282 valence electrons. The summed E-state index contributed by atoms with van der Waals surface area (Å²) in [6.07, 6.45) is -4.43. The third-order valence-electron chi connectivity index (χ3n) is 8.59. The van der Waals surface area contributed by atoms with E-state index in [4.69, 9.17) is 28.4 Å². The van der Waals surface area contributed by atoms with Crippen LogP contribution in [0.5, 0.6) is 0 Å². The summed E-state index contributed by atoms with van der Waals surface area (Å²) < 4.78 is 32.9. The highest BCUT2D eigenvalue weighted by Crippen LogP contribution is 2.26. The van der Waals surface area contributed by atoms with Gasteiger partial charge in [0.25, 0.3) is 0 Å². The van der Waals surface area contributed by atoms with Crippen LogP contribution in [0.4, 0.5) is 0 Å². The largest absolute Gasteiger partial charge is 0.462 e. The summed E-state index contributed by atoms with van der Waals surface area (Å²) in [5.41, 5.74) is 0. The number of aliphatic hydroxyl groups is 7. The van der Waals surface area contributed by atoms with Crippen molar-refractivity contribution in [3.8, 4) is 0 Å². The quantitative estimate of drug-likeness (QED) is 0.0541. The highest BCUT2D eigenvalue weighted by Gasteiger charge is 2.47. The monoisotopic (exact) mass is 696 g/mol. The molecule has 0 aromatic heterocycles. The molecule has 0 aromatic rings. The van der Waals surface area contributed by atoms with Crippen LogP contribution in [-0.4, -0.2) is 142 Å². The maximum absolute atomic E-state index is 12.7. The Morgan fingerprint density at radius 1 is 0.583 bits per heavy atom. The maximum atomic E-state index is 12.7. The fourth-order valence-electron chi connectivity index (χ4n) is 5.51. The summed E-state index contributed by atoms with van der Waals surface area (Å²) in [5, 5.41) is 71.1. The van der Waals surface area contributed by atoms with Gasteiger partial charge in [-0.2, -0.15) is 0 Å². The van der Waals surface area contributed by atoms with Crippen molar-refractivity contribution in [2.75, 3.05) is 26.4 Å². The van der Waals surface area contributed by atoms with E-state index in [-0.39, 0.29) is 26.1 Å². The van der Waals surface area contributed by atoms with Gasteiger partial charge in [0.1, 0.15) is 55.4 Å². The maximum Gasteiger partial charge on any atom is 0.306 e. The van der Waals surface area contributed by atoms with E-state index in [0.717, 1.165) is 38.5 Å². The number of hydrogen-bond acceptors (Lipinski definition) is 15. The molecule has 2 saturated heterocycles. The van der Waals surface area contributed by atoms with Crippen molar-refractivity contribution in [2.24, 2.45) is 0 Å². The molecule has 0 spiro atoms. The molecular weight excluding hydrogens is 636 g/mol. The van der Waals surface area contributed by atoms with Gasteiger partial charge in [0, 0.05) is 12.8 Å². The van der Waals surface area contributed by atoms with Gasteiger partial charge in [0.15, 0.2) is 18.7 Å². The van der Waals surface area contributed by atoms with Crippen LogP contribution in [0.25, 0.3) is 0 Å². The van der Waals surface area contributed by atoms with Crippen LogP contribution < -0.4 is 0 Å². The predicted octanol–water partition coefficient (Wildman–Crippen LogP) is 0.583. The molecular formula is C33H60O15. The third kappa shape index (κ3) is 14.8. The Kier molecular flexibility index (Phi) is 21.2. The highest BCUT2D eigenvalue weighted by atomic mass is 16.7. The van der Waals surface area contributed by atoms with Gasteiger partial charge in [-0.15, -0.1) is 0 Å². The molecule has 11 atom stereocenters. The topological polar surface area (TPSA) is 231 Å². The summed E-state index contributed by atoms with van der Waals surface area (Å²) in [7, 11) is 0. The molecule has 15 heteroatoms. The molecule has 7 N–H and O–H groups in total. The van der Waals surface area contributed by atoms with Crippen LogP contribution in [0.1, 0.15) is 104 Å². The molecule has 0 aliphatic carbocycles. The lowest BCUT2D eigenvalue weighted by Crippen LogP contribution is -2.61. The van der Waals surface area contributed by atoms with E-state index in [1.807, 2.05) is 0 Å². The van der Waals surface area contributed by atoms with Crippen molar-refractivity contribution >= 4 is 11.9 Å². The number of hydrogen-bond donors (Lipinski definition) is 7. The van der Waals surface area contributed by atoms with Crippen LogP contribution >= 0.6 is 0 Å². The van der Waals surface area contributed by atoms with E-state index in [9.17, 15) is 45.3 Å². The van der Waals surface area contributed by atoms with Gasteiger partial charge < -0.3 is 64.2 Å². The van der Waals surface area contributed by atoms with Gasteiger partial charge in [0.2, 0.25) is 0 Å². The zero-order valence-corrected chi connectivity index (χ0v) is 28.5. The van der Waals surface area contributed by atoms with Crippen molar-refractivity contribution in [1.29, 1.82) is 0 Å². The van der Waals surface area contributed by atoms with Crippen molar-refractivity contribution in [2.45, 2.75) is 171 Å². The number of aliphatic hydroxyl groups excluding tert-OH is 7. The SMILES string of the molecule is CCCCCCCCCCC(=O)OC(COC(=O)CCCCCC)COC1OC(COC2OC(CO)C(O)C(O)C2O)C(O)C(O)C1O. The number of rotatable bonds is 24. The standard InChI is InChI=1S/C33H60O15/c1-3-5-7-9-10-11-12-14-16-25(36)46-21(18-43-24(35)15-13-8-6-4-2)19-44-32-31(42)29(40)27(38)23(48-32)20-45-33-30(41)28(39)26(37)22(17-34)47-33/h21-23,26-34,37-42H,3-20H2,1-2H3. The zero-order valence-electron chi connectivity index (χ0n) is 28.5. The summed E-state index contributed by atoms with van der Waals surface area (Å²) in [5.74, 6) is -0.951. The summed E-state index contributed by atoms with van der Waals surface area (Å²) >= 11 is 0. The number of carbonyl (C=O) groups is 2. The molecule has 11 unspecified atom stereocenters. The fourth-order valence-corrected chi connectivity index (χ4v) is 5.51. The lowest BCUT2D eigenvalue weighted by Gasteiger charge is -2.42. The van der Waals surface area contributed by atoms with E-state index in [2.05, 4.69) is 13.8 Å². The second-order valence-corrected chi connectivity index (χ2v) is 12.7. The molecule has 2 heterocycles. The zero-order chi connectivity index (χ0) is 35.5. The number of ether oxygens (including phenoxy) is 6. The summed E-state index contributed by atoms with van der Waals surface area (Å²) in [6.45, 7) is 2.35. The fraction of sp³-hybridized carbons (Fsp3) is 0.939. The van der Waals surface area contributed by atoms with Gasteiger partial charge in [0.05, 0.1) is 19.8 Å². The Bertz CT molecular complexity index is 876. The van der Waals surface area contributed by atoms with E-state index in [0.29, 0.717) is 12.8 Å². The molecule has 0 amide bonds. The van der Waals surface area contributed by atoms with Crippen LogP contribution in [0, 0.1) is 0 Å². The van der Waals surface area contributed by atoms with Crippen molar-refractivity contribution < 1.29 is 73.8 Å². The van der Waals surface area contributed by atoms with Gasteiger partial charge >= 0.3 is 11.9 Å². The van der Waals surface area contributed by atoms with E-state index in [1.54, 1.807) is 0 Å². The Hall–Kier alpha value is -1.50. The molecule has 2 aliphatic rings. The average molecular weight is 697 g/mol. The molecule has 0 saturated carbocycles.